The normalized spacial score (nSPS) is 21.7. The van der Waals surface area contributed by atoms with Gasteiger partial charge in [-0.05, 0) is 40.6 Å². The third-order valence-electron chi connectivity index (χ3n) is 5.92. The molecule has 1 atom stereocenters. The van der Waals surface area contributed by atoms with E-state index in [9.17, 15) is 0 Å². The Bertz CT molecular complexity index is 668. The van der Waals surface area contributed by atoms with Gasteiger partial charge in [-0.3, -0.25) is 9.80 Å². The summed E-state index contributed by atoms with van der Waals surface area (Å²) in [6.07, 6.45) is 5.62. The molecular formula is C19H30N6S. The predicted octanol–water partition coefficient (Wildman–Crippen LogP) is 3.04. The van der Waals surface area contributed by atoms with Crippen LogP contribution in [0.25, 0.3) is 0 Å². The quantitative estimate of drug-likeness (QED) is 0.778. The van der Waals surface area contributed by atoms with E-state index in [-0.39, 0.29) is 6.04 Å². The minimum Gasteiger partial charge on any atom is -0.298 e. The highest BCUT2D eigenvalue weighted by atomic mass is 32.1. The topological polar surface area (TPSA) is 50.1 Å². The van der Waals surface area contributed by atoms with Crippen LogP contribution in [-0.2, 0) is 6.54 Å². The zero-order valence-electron chi connectivity index (χ0n) is 15.9. The van der Waals surface area contributed by atoms with Gasteiger partial charge in [-0.1, -0.05) is 32.8 Å². The van der Waals surface area contributed by atoms with Crippen LogP contribution in [0.2, 0.25) is 0 Å². The van der Waals surface area contributed by atoms with Crippen LogP contribution >= 0.6 is 11.3 Å². The van der Waals surface area contributed by atoms with E-state index in [1.807, 2.05) is 4.68 Å². The molecule has 0 aromatic carbocycles. The van der Waals surface area contributed by atoms with Gasteiger partial charge in [-0.25, -0.2) is 4.68 Å². The monoisotopic (exact) mass is 374 g/mol. The smallest absolute Gasteiger partial charge is 0.169 e. The molecule has 0 unspecified atom stereocenters. The van der Waals surface area contributed by atoms with Gasteiger partial charge in [-0.15, -0.1) is 16.4 Å². The van der Waals surface area contributed by atoms with Gasteiger partial charge in [-0.2, -0.15) is 0 Å². The fourth-order valence-electron chi connectivity index (χ4n) is 4.62. The number of hydrogen-bond acceptors (Lipinski definition) is 6. The van der Waals surface area contributed by atoms with Crippen molar-refractivity contribution < 1.29 is 0 Å². The predicted molar refractivity (Wildman–Crippen MR) is 104 cm³/mol. The van der Waals surface area contributed by atoms with Gasteiger partial charge in [0.15, 0.2) is 5.82 Å². The fraction of sp³-hybridized carbons (Fsp3) is 0.737. The summed E-state index contributed by atoms with van der Waals surface area (Å²) < 4.78 is 2.00. The number of nitrogens with zero attached hydrogens (tertiary/aromatic N) is 6. The Morgan fingerprint density at radius 1 is 1.15 bits per heavy atom. The lowest BCUT2D eigenvalue weighted by molar-refractivity contribution is 0.0501. The van der Waals surface area contributed by atoms with Crippen molar-refractivity contribution in [2.75, 3.05) is 26.2 Å². The van der Waals surface area contributed by atoms with E-state index in [0.717, 1.165) is 31.5 Å². The van der Waals surface area contributed by atoms with Crippen LogP contribution in [0.4, 0.5) is 0 Å². The number of piperazine rings is 1. The number of rotatable bonds is 6. The Hall–Kier alpha value is -1.31. The minimum atomic E-state index is 0.288. The summed E-state index contributed by atoms with van der Waals surface area (Å²) in [6, 6.07) is 5.36. The van der Waals surface area contributed by atoms with E-state index in [0.29, 0.717) is 5.92 Å². The van der Waals surface area contributed by atoms with Crippen molar-refractivity contribution in [1.29, 1.82) is 0 Å². The summed E-state index contributed by atoms with van der Waals surface area (Å²) in [7, 11) is 0. The molecule has 3 heterocycles. The van der Waals surface area contributed by atoms with Crippen LogP contribution < -0.4 is 0 Å². The first-order chi connectivity index (χ1) is 12.7. The zero-order chi connectivity index (χ0) is 17.9. The second kappa shape index (κ2) is 8.15. The maximum atomic E-state index is 4.44. The minimum absolute atomic E-state index is 0.288. The standard InChI is InChI=1S/C19H30N6S/c1-15(2)18(19-20-21-22-25(19)14-17-8-5-13-26-17)24-11-9-23(10-12-24)16-6-3-4-7-16/h5,8,13,15-16,18H,3-4,6-7,9-12,14H2,1-2H3/t18-/m0/s1. The number of hydrogen-bond donors (Lipinski definition) is 0. The molecule has 0 bridgehead atoms. The summed E-state index contributed by atoms with van der Waals surface area (Å²) in [5.74, 6) is 1.50. The molecule has 0 spiro atoms. The Kier molecular flexibility index (Phi) is 5.66. The van der Waals surface area contributed by atoms with Crippen LogP contribution in [0, 0.1) is 5.92 Å². The molecule has 0 N–H and O–H groups in total. The lowest BCUT2D eigenvalue weighted by atomic mass is 10.00. The molecule has 2 fully saturated rings. The van der Waals surface area contributed by atoms with Crippen LogP contribution in [0.3, 0.4) is 0 Å². The molecule has 0 radical (unpaired) electrons. The van der Waals surface area contributed by atoms with E-state index in [1.165, 1.54) is 43.6 Å². The van der Waals surface area contributed by atoms with Gasteiger partial charge in [0, 0.05) is 37.1 Å². The third kappa shape index (κ3) is 3.85. The maximum Gasteiger partial charge on any atom is 0.169 e. The first kappa shape index (κ1) is 18.1. The number of thiophene rings is 1. The summed E-state index contributed by atoms with van der Waals surface area (Å²) in [6.45, 7) is 9.94. The van der Waals surface area contributed by atoms with Crippen LogP contribution in [0.5, 0.6) is 0 Å². The lowest BCUT2D eigenvalue weighted by Gasteiger charge is -2.42. The summed E-state index contributed by atoms with van der Waals surface area (Å²) in [4.78, 5) is 6.62. The van der Waals surface area contributed by atoms with Gasteiger partial charge >= 0.3 is 0 Å². The molecule has 2 aliphatic rings. The molecule has 4 rings (SSSR count). The molecule has 142 valence electrons. The molecule has 1 saturated heterocycles. The van der Waals surface area contributed by atoms with E-state index < -0.39 is 0 Å². The molecule has 0 amide bonds. The molecule has 2 aromatic heterocycles. The molecule has 1 aliphatic carbocycles. The van der Waals surface area contributed by atoms with E-state index in [4.69, 9.17) is 0 Å². The Balaban J connectivity index is 1.46. The highest BCUT2D eigenvalue weighted by molar-refractivity contribution is 7.09. The van der Waals surface area contributed by atoms with Gasteiger partial charge in [0.2, 0.25) is 0 Å². The Labute approximate surface area is 160 Å². The van der Waals surface area contributed by atoms with E-state index >= 15 is 0 Å². The SMILES string of the molecule is CC(C)[C@@H](c1nnnn1Cc1cccs1)N1CCN(C2CCCC2)CC1. The van der Waals surface area contributed by atoms with Crippen LogP contribution in [-0.4, -0.2) is 62.2 Å². The van der Waals surface area contributed by atoms with Crippen molar-refractivity contribution in [3.05, 3.63) is 28.2 Å². The molecule has 2 aromatic rings. The highest BCUT2D eigenvalue weighted by Gasteiger charge is 2.33. The van der Waals surface area contributed by atoms with E-state index in [1.54, 1.807) is 11.3 Å². The number of aromatic nitrogens is 4. The van der Waals surface area contributed by atoms with Gasteiger partial charge < -0.3 is 0 Å². The second-order valence-corrected chi connectivity index (χ2v) is 9.01. The average Bonchev–Trinajstić information content (AvgIpc) is 3.39. The molecular weight excluding hydrogens is 344 g/mol. The molecule has 6 nitrogen and oxygen atoms in total. The Morgan fingerprint density at radius 2 is 1.92 bits per heavy atom. The van der Waals surface area contributed by atoms with Crippen molar-refractivity contribution in [3.63, 3.8) is 0 Å². The average molecular weight is 375 g/mol. The highest BCUT2D eigenvalue weighted by Crippen LogP contribution is 2.30. The maximum absolute atomic E-state index is 4.44. The lowest BCUT2D eigenvalue weighted by Crippen LogP contribution is -2.51. The van der Waals surface area contributed by atoms with Gasteiger partial charge in [0.05, 0.1) is 12.6 Å². The fourth-order valence-corrected chi connectivity index (χ4v) is 5.31. The van der Waals surface area contributed by atoms with Gasteiger partial charge in [0.25, 0.3) is 0 Å². The molecule has 1 saturated carbocycles. The Morgan fingerprint density at radius 3 is 2.58 bits per heavy atom. The van der Waals surface area contributed by atoms with Crippen LogP contribution in [0.15, 0.2) is 17.5 Å². The van der Waals surface area contributed by atoms with Crippen LogP contribution in [0.1, 0.15) is 56.3 Å². The second-order valence-electron chi connectivity index (χ2n) is 7.97. The van der Waals surface area contributed by atoms with E-state index in [2.05, 4.69) is 56.7 Å². The van der Waals surface area contributed by atoms with Crippen molar-refractivity contribution in [3.8, 4) is 0 Å². The summed E-state index contributed by atoms with van der Waals surface area (Å²) >= 11 is 1.76. The largest absolute Gasteiger partial charge is 0.298 e. The third-order valence-corrected chi connectivity index (χ3v) is 6.79. The first-order valence-corrected chi connectivity index (χ1v) is 10.9. The number of tetrazole rings is 1. The van der Waals surface area contributed by atoms with Gasteiger partial charge in [0.1, 0.15) is 0 Å². The zero-order valence-corrected chi connectivity index (χ0v) is 16.7. The van der Waals surface area contributed by atoms with Crippen molar-refractivity contribution in [2.24, 2.45) is 5.92 Å². The summed E-state index contributed by atoms with van der Waals surface area (Å²) in [5, 5.41) is 14.9. The molecule has 7 heteroatoms. The first-order valence-electron chi connectivity index (χ1n) is 9.99. The summed E-state index contributed by atoms with van der Waals surface area (Å²) in [5.41, 5.74) is 0. The van der Waals surface area contributed by atoms with Crippen molar-refractivity contribution in [1.82, 2.24) is 30.0 Å². The molecule has 1 aliphatic heterocycles. The molecule has 26 heavy (non-hydrogen) atoms. The van der Waals surface area contributed by atoms with Crippen molar-refractivity contribution in [2.45, 2.75) is 58.2 Å². The van der Waals surface area contributed by atoms with Crippen molar-refractivity contribution >= 4 is 11.3 Å².